The third-order valence-corrected chi connectivity index (χ3v) is 9.58. The fourth-order valence-corrected chi connectivity index (χ4v) is 6.68. The van der Waals surface area contributed by atoms with Crippen molar-refractivity contribution in [2.75, 3.05) is 0 Å². The number of hydrogen-bond acceptors (Lipinski definition) is 5. The molecule has 2 heterocycles. The summed E-state index contributed by atoms with van der Waals surface area (Å²) in [5, 5.41) is 4.70. The second-order valence-electron chi connectivity index (χ2n) is 12.3. The Kier molecular flexibility index (Phi) is 9.30. The van der Waals surface area contributed by atoms with Gasteiger partial charge in [0.15, 0.2) is 9.84 Å². The van der Waals surface area contributed by atoms with Crippen molar-refractivity contribution >= 4 is 9.84 Å². The van der Waals surface area contributed by atoms with Crippen LogP contribution in [-0.2, 0) is 46.9 Å². The molecular weight excluding hydrogens is 568 g/mol. The fourth-order valence-electron chi connectivity index (χ4n) is 5.34. The van der Waals surface area contributed by atoms with Crippen LogP contribution >= 0.6 is 0 Å². The fraction of sp³-hybridized carbons (Fsp3) is 0.306. The first kappa shape index (κ1) is 31.1. The number of nitrogens with zero attached hydrogens (tertiary/aromatic N) is 4. The van der Waals surface area contributed by atoms with Crippen LogP contribution in [0.15, 0.2) is 107 Å². The van der Waals surface area contributed by atoms with E-state index in [1.807, 2.05) is 25.1 Å². The molecule has 8 heteroatoms. The van der Waals surface area contributed by atoms with Gasteiger partial charge in [0.1, 0.15) is 5.82 Å². The van der Waals surface area contributed by atoms with Gasteiger partial charge in [-0.15, -0.1) is 0 Å². The zero-order chi connectivity index (χ0) is 31.3. The first-order valence-corrected chi connectivity index (χ1v) is 16.8. The molecule has 3 aromatic carbocycles. The molecule has 0 saturated carbocycles. The van der Waals surface area contributed by atoms with Gasteiger partial charge in [0, 0.05) is 30.9 Å². The molecule has 0 unspecified atom stereocenters. The normalized spacial score (nSPS) is 12.0. The smallest absolute Gasteiger partial charge is 0.279 e. The van der Waals surface area contributed by atoms with Crippen molar-refractivity contribution in [3.05, 3.63) is 136 Å². The second kappa shape index (κ2) is 13.1. The van der Waals surface area contributed by atoms with Crippen LogP contribution < -0.4 is 5.69 Å². The van der Waals surface area contributed by atoms with Crippen molar-refractivity contribution in [2.24, 2.45) is 0 Å². The Morgan fingerprint density at radius 1 is 0.773 bits per heavy atom. The summed E-state index contributed by atoms with van der Waals surface area (Å²) < 4.78 is 29.0. The van der Waals surface area contributed by atoms with Gasteiger partial charge >= 0.3 is 5.69 Å². The standard InChI is InChI=1S/C36H40N4O3S/c1-5-39-34(38-40(35(39)41)25-28-16-20-32(21-17-28)36(2,3)4)13-9-10-27-14-18-30(19-15-27)31-22-29(23-37-24-31)26-44(42,43)33-11-7-6-8-12-33/h6-8,11-12,14-24H,5,9-10,13,25-26H2,1-4H3. The van der Waals surface area contributed by atoms with Gasteiger partial charge in [-0.25, -0.2) is 17.9 Å². The Bertz CT molecular complexity index is 1870. The first-order valence-electron chi connectivity index (χ1n) is 15.1. The van der Waals surface area contributed by atoms with Crippen molar-refractivity contribution < 1.29 is 8.42 Å². The highest BCUT2D eigenvalue weighted by atomic mass is 32.2. The third kappa shape index (κ3) is 7.42. The molecule has 0 aliphatic heterocycles. The molecule has 0 radical (unpaired) electrons. The Hall–Kier alpha value is -4.30. The molecule has 0 saturated heterocycles. The van der Waals surface area contributed by atoms with Crippen LogP contribution in [0.2, 0.25) is 0 Å². The predicted molar refractivity (Wildman–Crippen MR) is 175 cm³/mol. The molecule has 0 spiro atoms. The maximum atomic E-state index is 13.1. The molecule has 228 valence electrons. The number of pyridine rings is 1. The van der Waals surface area contributed by atoms with Crippen molar-refractivity contribution in [3.63, 3.8) is 0 Å². The highest BCUT2D eigenvalue weighted by Crippen LogP contribution is 2.24. The number of sulfone groups is 1. The van der Waals surface area contributed by atoms with Gasteiger partial charge in [-0.05, 0) is 71.2 Å². The lowest BCUT2D eigenvalue weighted by atomic mass is 9.87. The molecule has 44 heavy (non-hydrogen) atoms. The van der Waals surface area contributed by atoms with E-state index >= 15 is 0 Å². The van der Waals surface area contributed by atoms with E-state index in [4.69, 9.17) is 5.10 Å². The summed E-state index contributed by atoms with van der Waals surface area (Å²) >= 11 is 0. The average molecular weight is 609 g/mol. The summed E-state index contributed by atoms with van der Waals surface area (Å²) in [6.45, 7) is 9.60. The Labute approximate surface area is 260 Å². The lowest BCUT2D eigenvalue weighted by Gasteiger charge is -2.19. The molecule has 0 fully saturated rings. The minimum atomic E-state index is -3.45. The summed E-state index contributed by atoms with van der Waals surface area (Å²) in [4.78, 5) is 17.7. The van der Waals surface area contributed by atoms with Gasteiger partial charge in [0.2, 0.25) is 0 Å². The zero-order valence-electron chi connectivity index (χ0n) is 25.9. The minimum Gasteiger partial charge on any atom is -0.279 e. The van der Waals surface area contributed by atoms with Gasteiger partial charge in [-0.1, -0.05) is 87.5 Å². The number of aromatic nitrogens is 4. The summed E-state index contributed by atoms with van der Waals surface area (Å²) in [7, 11) is -3.45. The van der Waals surface area contributed by atoms with Crippen LogP contribution in [-0.4, -0.2) is 27.7 Å². The topological polar surface area (TPSA) is 86.8 Å². The summed E-state index contributed by atoms with van der Waals surface area (Å²) in [6.07, 6.45) is 5.80. The van der Waals surface area contributed by atoms with Crippen LogP contribution in [0, 0.1) is 0 Å². The van der Waals surface area contributed by atoms with Crippen LogP contribution in [0.1, 0.15) is 62.2 Å². The summed E-state index contributed by atoms with van der Waals surface area (Å²) in [5.41, 5.74) is 6.04. The van der Waals surface area contributed by atoms with Crippen molar-refractivity contribution in [3.8, 4) is 11.1 Å². The quantitative estimate of drug-likeness (QED) is 0.168. The monoisotopic (exact) mass is 608 g/mol. The first-order chi connectivity index (χ1) is 21.0. The van der Waals surface area contributed by atoms with E-state index in [1.54, 1.807) is 52.0 Å². The van der Waals surface area contributed by atoms with E-state index < -0.39 is 9.84 Å². The highest BCUT2D eigenvalue weighted by Gasteiger charge is 2.17. The van der Waals surface area contributed by atoms with Gasteiger partial charge in [-0.2, -0.15) is 5.10 Å². The molecule has 7 nitrogen and oxygen atoms in total. The van der Waals surface area contributed by atoms with Crippen molar-refractivity contribution in [2.45, 2.75) is 76.1 Å². The lowest BCUT2D eigenvalue weighted by molar-refractivity contribution is 0.588. The van der Waals surface area contributed by atoms with Crippen molar-refractivity contribution in [1.29, 1.82) is 0 Å². The molecule has 0 aliphatic rings. The van der Waals surface area contributed by atoms with Crippen LogP contribution in [0.3, 0.4) is 0 Å². The van der Waals surface area contributed by atoms with Gasteiger partial charge in [0.25, 0.3) is 0 Å². The molecule has 5 aromatic rings. The second-order valence-corrected chi connectivity index (χ2v) is 14.2. The lowest BCUT2D eigenvalue weighted by Crippen LogP contribution is -2.25. The van der Waals surface area contributed by atoms with Crippen LogP contribution in [0.25, 0.3) is 11.1 Å². The van der Waals surface area contributed by atoms with Crippen molar-refractivity contribution in [1.82, 2.24) is 19.3 Å². The Balaban J connectivity index is 1.20. The molecule has 2 aromatic heterocycles. The number of aryl methyl sites for hydroxylation is 2. The van der Waals surface area contributed by atoms with E-state index in [0.29, 0.717) is 30.0 Å². The Morgan fingerprint density at radius 2 is 1.45 bits per heavy atom. The van der Waals surface area contributed by atoms with E-state index in [-0.39, 0.29) is 16.9 Å². The minimum absolute atomic E-state index is 0.0702. The zero-order valence-corrected chi connectivity index (χ0v) is 26.7. The maximum absolute atomic E-state index is 13.1. The molecule has 0 atom stereocenters. The molecule has 5 rings (SSSR count). The molecule has 0 aliphatic carbocycles. The Morgan fingerprint density at radius 3 is 2.11 bits per heavy atom. The maximum Gasteiger partial charge on any atom is 0.346 e. The van der Waals surface area contributed by atoms with Gasteiger partial charge in [0.05, 0.1) is 17.2 Å². The van der Waals surface area contributed by atoms with E-state index in [9.17, 15) is 13.2 Å². The summed E-state index contributed by atoms with van der Waals surface area (Å²) in [6, 6.07) is 27.1. The van der Waals surface area contributed by atoms with E-state index in [2.05, 4.69) is 62.2 Å². The third-order valence-electron chi connectivity index (χ3n) is 7.87. The molecule has 0 N–H and O–H groups in total. The van der Waals surface area contributed by atoms with E-state index in [1.165, 1.54) is 11.1 Å². The highest BCUT2D eigenvalue weighted by molar-refractivity contribution is 7.90. The number of benzene rings is 3. The van der Waals surface area contributed by atoms with Gasteiger partial charge in [-0.3, -0.25) is 9.55 Å². The molecular formula is C36H40N4O3S. The van der Waals surface area contributed by atoms with Gasteiger partial charge < -0.3 is 0 Å². The summed E-state index contributed by atoms with van der Waals surface area (Å²) in [5.74, 6) is 0.714. The number of rotatable bonds is 11. The van der Waals surface area contributed by atoms with E-state index in [0.717, 1.165) is 35.4 Å². The molecule has 0 bridgehead atoms. The average Bonchev–Trinajstić information content (AvgIpc) is 3.31. The SMILES string of the molecule is CCn1c(CCCc2ccc(-c3cncc(CS(=O)(=O)c4ccccc4)c3)cc2)nn(Cc2ccc(C(C)(C)C)cc2)c1=O. The predicted octanol–water partition coefficient (Wildman–Crippen LogP) is 6.62. The van der Waals surface area contributed by atoms with Crippen LogP contribution in [0.4, 0.5) is 0 Å². The largest absolute Gasteiger partial charge is 0.346 e. The van der Waals surface area contributed by atoms with Crippen LogP contribution in [0.5, 0.6) is 0 Å². The number of hydrogen-bond donors (Lipinski definition) is 0. The molecule has 0 amide bonds.